The van der Waals surface area contributed by atoms with Crippen molar-refractivity contribution in [3.8, 4) is 0 Å². The first-order valence-corrected chi connectivity index (χ1v) is 5.33. The fourth-order valence-electron chi connectivity index (χ4n) is 2.55. The number of rotatable bonds is 1. The van der Waals surface area contributed by atoms with Gasteiger partial charge in [-0.05, 0) is 26.7 Å². The van der Waals surface area contributed by atoms with Crippen LogP contribution in [0.3, 0.4) is 0 Å². The van der Waals surface area contributed by atoms with Crippen LogP contribution in [0, 0.1) is 0 Å². The van der Waals surface area contributed by atoms with Crippen molar-refractivity contribution >= 4 is 5.91 Å². The second-order valence-electron chi connectivity index (χ2n) is 4.39. The summed E-state index contributed by atoms with van der Waals surface area (Å²) in [5, 5.41) is 0. The Morgan fingerprint density at radius 1 is 1.36 bits per heavy atom. The Morgan fingerprint density at radius 3 is 2.57 bits per heavy atom. The van der Waals surface area contributed by atoms with Gasteiger partial charge in [0.2, 0.25) is 5.91 Å². The second-order valence-corrected chi connectivity index (χ2v) is 4.39. The van der Waals surface area contributed by atoms with E-state index in [0.29, 0.717) is 6.42 Å². The molecule has 0 aromatic heterocycles. The topological polar surface area (TPSA) is 20.3 Å². The summed E-state index contributed by atoms with van der Waals surface area (Å²) in [7, 11) is 0. The molecular weight excluding hydrogens is 174 g/mol. The standard InChI is InChI=1S/C12H17NO/c1-10(2)13-11(14)6-9-12(13)7-4-3-5-8-12/h4-5,7-8,10H,3,6,9H2,1-2H3. The quantitative estimate of drug-likeness (QED) is 0.582. The summed E-state index contributed by atoms with van der Waals surface area (Å²) < 4.78 is 0. The molecule has 0 bridgehead atoms. The SMILES string of the molecule is CC(C)N1C(=O)CCC12C=CCC=C2. The molecule has 0 radical (unpaired) electrons. The molecule has 1 aliphatic heterocycles. The van der Waals surface area contributed by atoms with Crippen LogP contribution in [-0.2, 0) is 4.79 Å². The van der Waals surface area contributed by atoms with Crippen LogP contribution in [0.4, 0.5) is 0 Å². The maximum absolute atomic E-state index is 11.7. The smallest absolute Gasteiger partial charge is 0.223 e. The molecule has 1 amide bonds. The fourth-order valence-corrected chi connectivity index (χ4v) is 2.55. The summed E-state index contributed by atoms with van der Waals surface area (Å²) in [5.74, 6) is 0.288. The highest BCUT2D eigenvalue weighted by molar-refractivity contribution is 5.81. The van der Waals surface area contributed by atoms with E-state index in [4.69, 9.17) is 0 Å². The molecular formula is C12H17NO. The van der Waals surface area contributed by atoms with Crippen molar-refractivity contribution < 1.29 is 4.79 Å². The van der Waals surface area contributed by atoms with E-state index < -0.39 is 0 Å². The molecule has 1 spiro atoms. The van der Waals surface area contributed by atoms with Crippen LogP contribution in [0.15, 0.2) is 24.3 Å². The lowest BCUT2D eigenvalue weighted by atomic mass is 9.90. The van der Waals surface area contributed by atoms with Crippen LogP contribution >= 0.6 is 0 Å². The summed E-state index contributed by atoms with van der Waals surface area (Å²) in [4.78, 5) is 13.8. The summed E-state index contributed by atoms with van der Waals surface area (Å²) in [6.07, 6.45) is 11.3. The van der Waals surface area contributed by atoms with Crippen molar-refractivity contribution in [1.82, 2.24) is 4.90 Å². The van der Waals surface area contributed by atoms with Crippen LogP contribution in [0.1, 0.15) is 33.1 Å². The van der Waals surface area contributed by atoms with Gasteiger partial charge in [0.25, 0.3) is 0 Å². The molecule has 0 N–H and O–H groups in total. The summed E-state index contributed by atoms with van der Waals surface area (Å²) in [6, 6.07) is 0.289. The normalized spacial score (nSPS) is 24.2. The molecule has 0 unspecified atom stereocenters. The van der Waals surface area contributed by atoms with Crippen molar-refractivity contribution in [2.24, 2.45) is 0 Å². The first-order chi connectivity index (χ1) is 6.66. The number of amides is 1. The maximum atomic E-state index is 11.7. The van der Waals surface area contributed by atoms with Gasteiger partial charge in [-0.2, -0.15) is 0 Å². The minimum atomic E-state index is -0.0938. The van der Waals surface area contributed by atoms with E-state index in [1.54, 1.807) is 0 Å². The molecule has 14 heavy (non-hydrogen) atoms. The molecule has 1 fully saturated rings. The lowest BCUT2D eigenvalue weighted by Gasteiger charge is -2.38. The zero-order valence-corrected chi connectivity index (χ0v) is 8.86. The van der Waals surface area contributed by atoms with E-state index in [0.717, 1.165) is 12.8 Å². The van der Waals surface area contributed by atoms with Crippen LogP contribution in [-0.4, -0.2) is 22.4 Å². The Hall–Kier alpha value is -1.05. The summed E-state index contributed by atoms with van der Waals surface area (Å²) in [6.45, 7) is 4.17. The Kier molecular flexibility index (Phi) is 2.22. The molecule has 0 aromatic carbocycles. The van der Waals surface area contributed by atoms with Gasteiger partial charge < -0.3 is 4.90 Å². The van der Waals surface area contributed by atoms with Gasteiger partial charge in [0.1, 0.15) is 0 Å². The number of hydrogen-bond donors (Lipinski definition) is 0. The van der Waals surface area contributed by atoms with Gasteiger partial charge in [-0.15, -0.1) is 0 Å². The van der Waals surface area contributed by atoms with E-state index in [2.05, 4.69) is 38.2 Å². The third-order valence-electron chi connectivity index (χ3n) is 3.06. The molecule has 0 atom stereocenters. The van der Waals surface area contributed by atoms with Crippen molar-refractivity contribution in [1.29, 1.82) is 0 Å². The predicted molar refractivity (Wildman–Crippen MR) is 56.8 cm³/mol. The van der Waals surface area contributed by atoms with Crippen LogP contribution in [0.5, 0.6) is 0 Å². The Balaban J connectivity index is 2.34. The Bertz CT molecular complexity index is 289. The van der Waals surface area contributed by atoms with E-state index in [-0.39, 0.29) is 17.5 Å². The fraction of sp³-hybridized carbons (Fsp3) is 0.583. The van der Waals surface area contributed by atoms with Gasteiger partial charge in [-0.25, -0.2) is 0 Å². The maximum Gasteiger partial charge on any atom is 0.223 e. The summed E-state index contributed by atoms with van der Waals surface area (Å²) in [5.41, 5.74) is -0.0938. The van der Waals surface area contributed by atoms with Crippen LogP contribution in [0.2, 0.25) is 0 Å². The van der Waals surface area contributed by atoms with Crippen LogP contribution < -0.4 is 0 Å². The van der Waals surface area contributed by atoms with Gasteiger partial charge in [-0.3, -0.25) is 4.79 Å². The molecule has 0 saturated carbocycles. The molecule has 2 aliphatic rings. The molecule has 1 heterocycles. The van der Waals surface area contributed by atoms with Crippen molar-refractivity contribution in [2.45, 2.75) is 44.7 Å². The molecule has 1 saturated heterocycles. The number of carbonyl (C=O) groups excluding carboxylic acids is 1. The first-order valence-electron chi connectivity index (χ1n) is 5.33. The highest BCUT2D eigenvalue weighted by Crippen LogP contribution is 2.36. The third kappa shape index (κ3) is 1.29. The average Bonchev–Trinajstić information content (AvgIpc) is 2.45. The monoisotopic (exact) mass is 191 g/mol. The van der Waals surface area contributed by atoms with Crippen LogP contribution in [0.25, 0.3) is 0 Å². The summed E-state index contributed by atoms with van der Waals surface area (Å²) >= 11 is 0. The number of hydrogen-bond acceptors (Lipinski definition) is 1. The van der Waals surface area contributed by atoms with Crippen molar-refractivity contribution in [2.75, 3.05) is 0 Å². The van der Waals surface area contributed by atoms with Gasteiger partial charge >= 0.3 is 0 Å². The zero-order valence-electron chi connectivity index (χ0n) is 8.86. The van der Waals surface area contributed by atoms with E-state index >= 15 is 0 Å². The largest absolute Gasteiger partial charge is 0.328 e. The minimum absolute atomic E-state index is 0.0938. The Labute approximate surface area is 85.3 Å². The first kappa shape index (κ1) is 9.50. The Morgan fingerprint density at radius 2 is 2.00 bits per heavy atom. The van der Waals surface area contributed by atoms with Gasteiger partial charge in [-0.1, -0.05) is 24.3 Å². The molecule has 1 aliphatic carbocycles. The van der Waals surface area contributed by atoms with Crippen molar-refractivity contribution in [3.63, 3.8) is 0 Å². The third-order valence-corrected chi connectivity index (χ3v) is 3.06. The molecule has 2 nitrogen and oxygen atoms in total. The lowest BCUT2D eigenvalue weighted by molar-refractivity contribution is -0.131. The number of likely N-dealkylation sites (tertiary alicyclic amines) is 1. The van der Waals surface area contributed by atoms with E-state index in [9.17, 15) is 4.79 Å². The lowest BCUT2D eigenvalue weighted by Crippen LogP contribution is -2.47. The van der Waals surface area contributed by atoms with E-state index in [1.165, 1.54) is 0 Å². The predicted octanol–water partition coefficient (Wildman–Crippen LogP) is 2.27. The average molecular weight is 191 g/mol. The molecule has 2 heteroatoms. The molecule has 2 rings (SSSR count). The zero-order chi connectivity index (χ0) is 10.2. The number of carbonyl (C=O) groups is 1. The highest BCUT2D eigenvalue weighted by atomic mass is 16.2. The van der Waals surface area contributed by atoms with Gasteiger partial charge in [0, 0.05) is 12.5 Å². The van der Waals surface area contributed by atoms with Gasteiger partial charge in [0.15, 0.2) is 0 Å². The highest BCUT2D eigenvalue weighted by Gasteiger charge is 2.43. The number of nitrogens with zero attached hydrogens (tertiary/aromatic N) is 1. The molecule has 76 valence electrons. The molecule has 0 aromatic rings. The minimum Gasteiger partial charge on any atom is -0.328 e. The second kappa shape index (κ2) is 3.26. The van der Waals surface area contributed by atoms with Crippen molar-refractivity contribution in [3.05, 3.63) is 24.3 Å². The van der Waals surface area contributed by atoms with E-state index in [1.807, 2.05) is 4.90 Å². The number of allylic oxidation sites excluding steroid dienone is 2. The van der Waals surface area contributed by atoms with Gasteiger partial charge in [0.05, 0.1) is 5.54 Å².